The SMILES string of the molecule is O=[N+]([O-])c1ccc([O-])c(C=Nc2cccc3c(N=Cc4cc([N+](=O)[O-])ccc4[O-])cccc23)c1. The number of hydrogen-bond donors (Lipinski definition) is 0. The second kappa shape index (κ2) is 9.17. The van der Waals surface area contributed by atoms with Gasteiger partial charge < -0.3 is 10.2 Å². The Morgan fingerprint density at radius 1 is 0.618 bits per heavy atom. The molecule has 0 saturated carbocycles. The van der Waals surface area contributed by atoms with Gasteiger partial charge in [-0.15, -0.1) is 0 Å². The van der Waals surface area contributed by atoms with Gasteiger partial charge in [-0.25, -0.2) is 0 Å². The molecule has 34 heavy (non-hydrogen) atoms. The molecular formula is C24H14N4O6-2. The van der Waals surface area contributed by atoms with Crippen LogP contribution in [0.2, 0.25) is 0 Å². The highest BCUT2D eigenvalue weighted by Gasteiger charge is 2.08. The molecule has 10 heteroatoms. The van der Waals surface area contributed by atoms with E-state index < -0.39 is 21.3 Å². The molecule has 0 aliphatic heterocycles. The van der Waals surface area contributed by atoms with E-state index in [1.807, 2.05) is 0 Å². The second-order valence-corrected chi connectivity index (χ2v) is 7.12. The molecule has 0 spiro atoms. The smallest absolute Gasteiger partial charge is 0.270 e. The van der Waals surface area contributed by atoms with E-state index in [2.05, 4.69) is 9.98 Å². The Morgan fingerprint density at radius 2 is 1.03 bits per heavy atom. The third-order valence-electron chi connectivity index (χ3n) is 4.97. The molecule has 0 heterocycles. The molecule has 0 fully saturated rings. The summed E-state index contributed by atoms with van der Waals surface area (Å²) in [7, 11) is 0. The summed E-state index contributed by atoms with van der Waals surface area (Å²) >= 11 is 0. The minimum Gasteiger partial charge on any atom is -0.872 e. The Hall–Kier alpha value is -5.12. The number of nitro benzene ring substituents is 2. The maximum atomic E-state index is 12.0. The van der Waals surface area contributed by atoms with Gasteiger partial charge in [-0.3, -0.25) is 30.2 Å². The third kappa shape index (κ3) is 4.55. The molecule has 4 aromatic rings. The first-order valence-corrected chi connectivity index (χ1v) is 9.84. The number of fused-ring (bicyclic) bond motifs is 1. The second-order valence-electron chi connectivity index (χ2n) is 7.12. The summed E-state index contributed by atoms with van der Waals surface area (Å²) < 4.78 is 0. The average molecular weight is 454 g/mol. The molecule has 4 rings (SSSR count). The first kappa shape index (κ1) is 22.1. The van der Waals surface area contributed by atoms with Crippen molar-refractivity contribution in [1.82, 2.24) is 0 Å². The summed E-state index contributed by atoms with van der Waals surface area (Å²) in [5.41, 5.74) is 0.729. The number of rotatable bonds is 6. The van der Waals surface area contributed by atoms with Gasteiger partial charge in [0, 0.05) is 47.5 Å². The van der Waals surface area contributed by atoms with E-state index in [1.54, 1.807) is 36.4 Å². The Labute approximate surface area is 192 Å². The fourth-order valence-corrected chi connectivity index (χ4v) is 3.28. The topological polar surface area (TPSA) is 157 Å². The van der Waals surface area contributed by atoms with Gasteiger partial charge in [0.15, 0.2) is 0 Å². The van der Waals surface area contributed by atoms with Crippen LogP contribution in [0.5, 0.6) is 11.5 Å². The molecule has 4 aromatic carbocycles. The van der Waals surface area contributed by atoms with Crippen LogP contribution in [0.3, 0.4) is 0 Å². The maximum absolute atomic E-state index is 12.0. The molecule has 0 aliphatic rings. The van der Waals surface area contributed by atoms with E-state index in [4.69, 9.17) is 0 Å². The predicted octanol–water partition coefficient (Wildman–Crippen LogP) is 4.30. The highest BCUT2D eigenvalue weighted by atomic mass is 16.6. The van der Waals surface area contributed by atoms with Gasteiger partial charge >= 0.3 is 0 Å². The molecule has 0 aliphatic carbocycles. The number of benzene rings is 4. The van der Waals surface area contributed by atoms with Gasteiger partial charge in [0.1, 0.15) is 0 Å². The normalized spacial score (nSPS) is 11.4. The van der Waals surface area contributed by atoms with Crippen molar-refractivity contribution in [3.8, 4) is 11.5 Å². The number of nitro groups is 2. The zero-order valence-corrected chi connectivity index (χ0v) is 17.3. The van der Waals surface area contributed by atoms with Crippen LogP contribution < -0.4 is 10.2 Å². The lowest BCUT2D eigenvalue weighted by Crippen LogP contribution is -1.98. The fraction of sp³-hybridized carbons (Fsp3) is 0. The minimum atomic E-state index is -0.590. The lowest BCUT2D eigenvalue weighted by molar-refractivity contribution is -0.385. The Kier molecular flexibility index (Phi) is 5.95. The van der Waals surface area contributed by atoms with Crippen LogP contribution in [0.25, 0.3) is 10.8 Å². The third-order valence-corrected chi connectivity index (χ3v) is 4.97. The summed E-state index contributed by atoms with van der Waals surface area (Å²) in [5.74, 6) is -0.796. The van der Waals surface area contributed by atoms with Crippen molar-refractivity contribution < 1.29 is 20.1 Å². The zero-order valence-electron chi connectivity index (χ0n) is 17.3. The van der Waals surface area contributed by atoms with E-state index >= 15 is 0 Å². The van der Waals surface area contributed by atoms with Crippen LogP contribution >= 0.6 is 0 Å². The van der Waals surface area contributed by atoms with Crippen molar-refractivity contribution in [2.45, 2.75) is 0 Å². The van der Waals surface area contributed by atoms with Crippen molar-refractivity contribution in [2.75, 3.05) is 0 Å². The molecule has 0 amide bonds. The molecule has 0 saturated heterocycles. The quantitative estimate of drug-likeness (QED) is 0.240. The highest BCUT2D eigenvalue weighted by Crippen LogP contribution is 2.33. The van der Waals surface area contributed by atoms with E-state index in [1.165, 1.54) is 12.4 Å². The van der Waals surface area contributed by atoms with Crippen molar-refractivity contribution >= 4 is 46.0 Å². The standard InChI is InChI=1S/C24H16N4O6/c29-23-9-7-17(27(31)32)11-15(23)13-25-21-5-1-3-19-20(21)4-2-6-22(19)26-14-16-12-18(28(33)34)8-10-24(16)30/h1-14,29-30H/p-2. The van der Waals surface area contributed by atoms with E-state index in [0.717, 1.165) is 36.4 Å². The summed E-state index contributed by atoms with van der Waals surface area (Å²) in [6.45, 7) is 0. The lowest BCUT2D eigenvalue weighted by atomic mass is 10.1. The van der Waals surface area contributed by atoms with Gasteiger partial charge in [-0.1, -0.05) is 47.9 Å². The average Bonchev–Trinajstić information content (AvgIpc) is 2.82. The molecular weight excluding hydrogens is 440 g/mol. The summed E-state index contributed by atoms with van der Waals surface area (Å²) in [4.78, 5) is 29.5. The molecule has 0 atom stereocenters. The largest absolute Gasteiger partial charge is 0.872 e. The molecule has 0 N–H and O–H groups in total. The first-order valence-electron chi connectivity index (χ1n) is 9.84. The monoisotopic (exact) mass is 454 g/mol. The van der Waals surface area contributed by atoms with Crippen LogP contribution in [0.1, 0.15) is 11.1 Å². The Balaban J connectivity index is 1.71. The summed E-state index contributed by atoms with van der Waals surface area (Å²) in [5, 5.41) is 47.4. The molecule has 10 nitrogen and oxygen atoms in total. The van der Waals surface area contributed by atoms with Crippen LogP contribution in [-0.2, 0) is 0 Å². The predicted molar refractivity (Wildman–Crippen MR) is 124 cm³/mol. The van der Waals surface area contributed by atoms with Gasteiger partial charge in [0.2, 0.25) is 0 Å². The zero-order chi connectivity index (χ0) is 24.2. The van der Waals surface area contributed by atoms with E-state index in [9.17, 15) is 30.4 Å². The lowest BCUT2D eigenvalue weighted by Gasteiger charge is -2.10. The molecule has 0 bridgehead atoms. The van der Waals surface area contributed by atoms with Crippen LogP contribution in [-0.4, -0.2) is 22.3 Å². The van der Waals surface area contributed by atoms with Crippen LogP contribution in [0.4, 0.5) is 22.7 Å². The van der Waals surface area contributed by atoms with Gasteiger partial charge in [0.25, 0.3) is 11.4 Å². The number of hydrogen-bond acceptors (Lipinski definition) is 8. The summed E-state index contributed by atoms with van der Waals surface area (Å²) in [6.07, 6.45) is 2.54. The number of non-ortho nitro benzene ring substituents is 2. The van der Waals surface area contributed by atoms with Crippen molar-refractivity contribution in [2.24, 2.45) is 9.98 Å². The Morgan fingerprint density at radius 3 is 1.41 bits per heavy atom. The fourth-order valence-electron chi connectivity index (χ4n) is 3.28. The van der Waals surface area contributed by atoms with Gasteiger partial charge in [-0.2, -0.15) is 0 Å². The highest BCUT2D eigenvalue weighted by molar-refractivity contribution is 6.02. The number of nitrogens with zero attached hydrogens (tertiary/aromatic N) is 4. The number of aliphatic imine (C=N–C) groups is 2. The maximum Gasteiger partial charge on any atom is 0.270 e. The van der Waals surface area contributed by atoms with Crippen molar-refractivity contribution in [3.05, 3.63) is 104 Å². The van der Waals surface area contributed by atoms with Gasteiger partial charge in [-0.05, 0) is 23.3 Å². The molecule has 0 unspecified atom stereocenters. The van der Waals surface area contributed by atoms with E-state index in [0.29, 0.717) is 22.1 Å². The van der Waals surface area contributed by atoms with E-state index in [-0.39, 0.29) is 22.5 Å². The van der Waals surface area contributed by atoms with Crippen LogP contribution in [0, 0.1) is 20.2 Å². The van der Waals surface area contributed by atoms with Crippen molar-refractivity contribution in [3.63, 3.8) is 0 Å². The van der Waals surface area contributed by atoms with Gasteiger partial charge in [0.05, 0.1) is 21.2 Å². The van der Waals surface area contributed by atoms with Crippen LogP contribution in [0.15, 0.2) is 82.8 Å². The first-order chi connectivity index (χ1) is 16.3. The molecule has 0 aromatic heterocycles. The molecule has 0 radical (unpaired) electrons. The minimum absolute atomic E-state index is 0.0778. The molecule has 168 valence electrons. The Bertz CT molecular complexity index is 1380. The summed E-state index contributed by atoms with van der Waals surface area (Å²) in [6, 6.07) is 17.3. The van der Waals surface area contributed by atoms with Crippen molar-refractivity contribution in [1.29, 1.82) is 0 Å².